The molecular weight excluding hydrogens is 408 g/mol. The number of carbonyl (C=O) groups is 2. The van der Waals surface area contributed by atoms with Crippen LogP contribution in [0, 0.1) is 0 Å². The number of nitrogens with one attached hydrogen (secondary N) is 2. The Morgan fingerprint density at radius 3 is 2.63 bits per heavy atom. The fraction of sp³-hybridized carbons (Fsp3) is 0.238. The fourth-order valence-electron chi connectivity index (χ4n) is 2.51. The van der Waals surface area contributed by atoms with Crippen molar-refractivity contribution in [3.63, 3.8) is 0 Å². The summed E-state index contributed by atoms with van der Waals surface area (Å²) in [6, 6.07) is 14.2. The number of hydrogen-bond acceptors (Lipinski definition) is 7. The van der Waals surface area contributed by atoms with Gasteiger partial charge in [-0.1, -0.05) is 18.2 Å². The molecule has 0 aliphatic carbocycles. The van der Waals surface area contributed by atoms with Gasteiger partial charge in [0.15, 0.2) is 0 Å². The molecule has 0 bridgehead atoms. The highest BCUT2D eigenvalue weighted by Gasteiger charge is 2.17. The van der Waals surface area contributed by atoms with E-state index in [0.717, 1.165) is 11.0 Å². The molecule has 2 amide bonds. The van der Waals surface area contributed by atoms with E-state index in [2.05, 4.69) is 5.32 Å². The molecule has 8 nitrogen and oxygen atoms in total. The quantitative estimate of drug-likeness (QED) is 0.196. The lowest BCUT2D eigenvalue weighted by Gasteiger charge is -2.18. The second kappa shape index (κ2) is 12.5. The Balaban J connectivity index is 2.12. The molecular formula is C21H24N2O6S. The first kappa shape index (κ1) is 23.3. The molecule has 0 heterocycles. The summed E-state index contributed by atoms with van der Waals surface area (Å²) in [5.41, 5.74) is 2.74. The number of rotatable bonds is 10. The first-order chi connectivity index (χ1) is 14.5. The van der Waals surface area contributed by atoms with Crippen LogP contribution in [0.3, 0.4) is 0 Å². The van der Waals surface area contributed by atoms with Crippen molar-refractivity contribution >= 4 is 29.4 Å². The molecule has 0 aliphatic heterocycles. The van der Waals surface area contributed by atoms with Gasteiger partial charge in [0.1, 0.15) is 18.5 Å². The molecule has 160 valence electrons. The minimum absolute atomic E-state index is 0.124. The van der Waals surface area contributed by atoms with Gasteiger partial charge in [0, 0.05) is 23.1 Å². The first-order valence-electron chi connectivity index (χ1n) is 9.11. The molecule has 1 atom stereocenters. The van der Waals surface area contributed by atoms with Gasteiger partial charge in [-0.15, -0.1) is 11.8 Å². The van der Waals surface area contributed by atoms with Crippen molar-refractivity contribution in [2.24, 2.45) is 0 Å². The molecule has 9 heteroatoms. The van der Waals surface area contributed by atoms with Crippen molar-refractivity contribution in [3.05, 3.63) is 66.2 Å². The minimum Gasteiger partial charge on any atom is -0.491 e. The van der Waals surface area contributed by atoms with Crippen LogP contribution in [0.1, 0.15) is 18.1 Å². The van der Waals surface area contributed by atoms with Gasteiger partial charge in [-0.25, -0.2) is 10.3 Å². The van der Waals surface area contributed by atoms with Crippen molar-refractivity contribution in [1.29, 1.82) is 0 Å². The number of amides is 2. The Morgan fingerprint density at radius 1 is 1.20 bits per heavy atom. The number of thioether (sulfide) groups is 1. The largest absolute Gasteiger partial charge is 0.491 e. The summed E-state index contributed by atoms with van der Waals surface area (Å²) in [5, 5.41) is 20.2. The Labute approximate surface area is 178 Å². The van der Waals surface area contributed by atoms with E-state index in [1.54, 1.807) is 48.2 Å². The second-order valence-electron chi connectivity index (χ2n) is 6.01. The molecule has 0 saturated carbocycles. The van der Waals surface area contributed by atoms with Crippen molar-refractivity contribution in [2.75, 3.05) is 24.8 Å². The number of ether oxygens (including phenoxy) is 2. The third kappa shape index (κ3) is 7.78. The Bertz CT molecular complexity index is 857. The van der Waals surface area contributed by atoms with Gasteiger partial charge in [0.05, 0.1) is 6.61 Å². The van der Waals surface area contributed by atoms with E-state index in [1.165, 1.54) is 11.6 Å². The summed E-state index contributed by atoms with van der Waals surface area (Å²) >= 11 is 1.59. The summed E-state index contributed by atoms with van der Waals surface area (Å²) in [6.45, 7) is 0.0129. The second-order valence-corrected chi connectivity index (χ2v) is 6.89. The Hall–Kier alpha value is -3.01. The number of benzene rings is 2. The predicted octanol–water partition coefficient (Wildman–Crippen LogP) is 3.52. The number of hydrogen-bond donors (Lipinski definition) is 4. The van der Waals surface area contributed by atoms with E-state index in [4.69, 9.17) is 19.8 Å². The van der Waals surface area contributed by atoms with Crippen LogP contribution in [0.2, 0.25) is 0 Å². The van der Waals surface area contributed by atoms with Crippen LogP contribution >= 0.6 is 11.8 Å². The zero-order valence-electron chi connectivity index (χ0n) is 16.4. The molecule has 0 aliphatic rings. The van der Waals surface area contributed by atoms with Crippen molar-refractivity contribution in [2.45, 2.75) is 17.4 Å². The van der Waals surface area contributed by atoms with E-state index in [9.17, 15) is 9.59 Å². The molecule has 2 aromatic carbocycles. The molecule has 0 saturated heterocycles. The third-order valence-corrected chi connectivity index (χ3v) is 4.65. The van der Waals surface area contributed by atoms with Crippen LogP contribution in [-0.2, 0) is 9.53 Å². The van der Waals surface area contributed by atoms with Crippen LogP contribution in [0.5, 0.6) is 5.75 Å². The van der Waals surface area contributed by atoms with Gasteiger partial charge < -0.3 is 14.6 Å². The van der Waals surface area contributed by atoms with Gasteiger partial charge in [0.2, 0.25) is 0 Å². The zero-order valence-corrected chi connectivity index (χ0v) is 17.2. The zero-order chi connectivity index (χ0) is 21.8. The third-order valence-electron chi connectivity index (χ3n) is 3.91. The van der Waals surface area contributed by atoms with E-state index in [-0.39, 0.29) is 19.6 Å². The highest BCUT2D eigenvalue weighted by molar-refractivity contribution is 7.98. The van der Waals surface area contributed by atoms with Crippen LogP contribution in [0.25, 0.3) is 0 Å². The maximum Gasteiger partial charge on any atom is 0.412 e. The maximum absolute atomic E-state index is 12.4. The summed E-state index contributed by atoms with van der Waals surface area (Å²) < 4.78 is 11.0. The summed E-state index contributed by atoms with van der Waals surface area (Å²) in [4.78, 5) is 24.7. The molecule has 30 heavy (non-hydrogen) atoms. The van der Waals surface area contributed by atoms with Crippen molar-refractivity contribution < 1.29 is 29.4 Å². The van der Waals surface area contributed by atoms with Crippen LogP contribution < -0.4 is 15.5 Å². The topological polar surface area (TPSA) is 117 Å². The average Bonchev–Trinajstić information content (AvgIpc) is 2.77. The predicted molar refractivity (Wildman–Crippen MR) is 114 cm³/mol. The molecule has 0 spiro atoms. The maximum atomic E-state index is 12.4. The van der Waals surface area contributed by atoms with Crippen LogP contribution in [0.15, 0.2) is 65.6 Å². The summed E-state index contributed by atoms with van der Waals surface area (Å²) in [5.74, 6) is -0.174. The molecule has 2 aromatic rings. The Kier molecular flexibility index (Phi) is 9.72. The van der Waals surface area contributed by atoms with Gasteiger partial charge >= 0.3 is 6.09 Å². The summed E-state index contributed by atoms with van der Waals surface area (Å²) in [6.07, 6.45) is 3.41. The highest BCUT2D eigenvalue weighted by Crippen LogP contribution is 2.26. The number of aliphatic hydroxyl groups excluding tert-OH is 1. The van der Waals surface area contributed by atoms with Crippen LogP contribution in [0.4, 0.5) is 10.5 Å². The molecule has 0 unspecified atom stereocenters. The smallest absolute Gasteiger partial charge is 0.412 e. The fourth-order valence-corrected chi connectivity index (χ4v) is 2.92. The lowest BCUT2D eigenvalue weighted by atomic mass is 10.1. The number of hydroxylamine groups is 1. The molecule has 0 fully saturated rings. The normalized spacial score (nSPS) is 11.7. The number of anilines is 1. The van der Waals surface area contributed by atoms with Crippen molar-refractivity contribution in [1.82, 2.24) is 5.48 Å². The molecule has 4 N–H and O–H groups in total. The van der Waals surface area contributed by atoms with Crippen LogP contribution in [-0.4, -0.2) is 41.8 Å². The van der Waals surface area contributed by atoms with E-state index in [1.807, 2.05) is 18.4 Å². The summed E-state index contributed by atoms with van der Waals surface area (Å²) in [7, 11) is 0. The minimum atomic E-state index is -0.712. The van der Waals surface area contributed by atoms with E-state index < -0.39 is 18.1 Å². The average molecular weight is 432 g/mol. The van der Waals surface area contributed by atoms with Gasteiger partial charge in [-0.05, 0) is 48.2 Å². The molecule has 2 rings (SSSR count). The monoisotopic (exact) mass is 432 g/mol. The van der Waals surface area contributed by atoms with Gasteiger partial charge in [0.25, 0.3) is 5.91 Å². The Morgan fingerprint density at radius 2 is 1.97 bits per heavy atom. The standard InChI is InChI=1S/C21H24N2O6S/c1-30-18-10-8-16(9-11-18)22-21(26)29-19(6-3-7-20(25)23-27)15-4-2-5-17(14-15)28-13-12-24/h2-5,7-11,14,19,24,27H,6,12-13H2,1H3,(H,22,26)(H,23,25)/b7-3+/t19-/m0/s1. The molecule has 0 radical (unpaired) electrons. The number of carbonyl (C=O) groups excluding carboxylic acids is 2. The molecule has 0 aromatic heterocycles. The highest BCUT2D eigenvalue weighted by atomic mass is 32.2. The SMILES string of the molecule is CSc1ccc(NC(=O)O[C@@H](C/C=C/C(=O)NO)c2cccc(OCCO)c2)cc1. The van der Waals surface area contributed by atoms with E-state index in [0.29, 0.717) is 17.0 Å². The lowest BCUT2D eigenvalue weighted by Crippen LogP contribution is -2.18. The van der Waals surface area contributed by atoms with Gasteiger partial charge in [-0.3, -0.25) is 15.3 Å². The lowest BCUT2D eigenvalue weighted by molar-refractivity contribution is -0.124. The van der Waals surface area contributed by atoms with Gasteiger partial charge in [-0.2, -0.15) is 0 Å². The number of aliphatic hydroxyl groups is 1. The van der Waals surface area contributed by atoms with Crippen molar-refractivity contribution in [3.8, 4) is 5.75 Å². The van der Waals surface area contributed by atoms with E-state index >= 15 is 0 Å². The first-order valence-corrected chi connectivity index (χ1v) is 10.3.